The molecule has 0 aliphatic rings. The second-order valence-electron chi connectivity index (χ2n) is 4.72. The smallest absolute Gasteiger partial charge is 0.140 e. The number of nitrogens with zero attached hydrogens (tertiary/aromatic N) is 1. The molecule has 0 fully saturated rings. The summed E-state index contributed by atoms with van der Waals surface area (Å²) in [5.41, 5.74) is 1.05. The molecule has 0 aliphatic heterocycles. The maximum absolute atomic E-state index is 13.3. The predicted molar refractivity (Wildman–Crippen MR) is 84.6 cm³/mol. The summed E-state index contributed by atoms with van der Waals surface area (Å²) in [6.45, 7) is 0. The van der Waals surface area contributed by atoms with E-state index < -0.39 is 5.82 Å². The van der Waals surface area contributed by atoms with E-state index in [-0.39, 0.29) is 5.56 Å². The van der Waals surface area contributed by atoms with Crippen molar-refractivity contribution in [1.29, 1.82) is 5.26 Å². The second-order valence-corrected chi connectivity index (χ2v) is 5.77. The molecule has 0 heterocycles. The molecule has 0 spiro atoms. The molecule has 3 aromatic carbocycles. The van der Waals surface area contributed by atoms with Crippen molar-refractivity contribution in [3.63, 3.8) is 0 Å². The van der Waals surface area contributed by atoms with E-state index in [9.17, 15) is 4.39 Å². The van der Waals surface area contributed by atoms with Crippen LogP contribution in [0.4, 0.5) is 4.39 Å². The number of nitriles is 1. The fourth-order valence-corrected chi connectivity index (χ4v) is 3.06. The summed E-state index contributed by atoms with van der Waals surface area (Å²) in [7, 11) is 0. The molecule has 21 heavy (non-hydrogen) atoms. The van der Waals surface area contributed by atoms with Crippen LogP contribution in [-0.4, -0.2) is 0 Å². The summed E-state index contributed by atoms with van der Waals surface area (Å²) in [6, 6.07) is 21.1. The molecule has 102 valence electrons. The molecule has 0 N–H and O–H groups in total. The summed E-state index contributed by atoms with van der Waals surface area (Å²) in [6.07, 6.45) is 0. The van der Waals surface area contributed by atoms with Crippen LogP contribution < -0.4 is 0 Å². The summed E-state index contributed by atoms with van der Waals surface area (Å²) < 4.78 is 13.3. The van der Waals surface area contributed by atoms with E-state index >= 15 is 0 Å². The van der Waals surface area contributed by atoms with Crippen molar-refractivity contribution < 1.29 is 4.39 Å². The molecule has 0 unspecified atom stereocenters. The quantitative estimate of drug-likeness (QED) is 0.624. The second kappa shape index (κ2) is 5.99. The minimum atomic E-state index is -0.461. The highest BCUT2D eigenvalue weighted by molar-refractivity contribution is 7.98. The first-order chi connectivity index (χ1) is 10.3. The monoisotopic (exact) mass is 293 g/mol. The van der Waals surface area contributed by atoms with Crippen molar-refractivity contribution in [3.05, 3.63) is 77.6 Å². The maximum Gasteiger partial charge on any atom is 0.140 e. The molecule has 1 nitrogen and oxygen atoms in total. The standard InChI is InChI=1S/C18H12FNS/c19-18-8-5-13(9-16(18)11-20)12-21-17-7-6-14-3-1-2-4-15(14)10-17/h1-10H,12H2. The van der Waals surface area contributed by atoms with Gasteiger partial charge in [-0.1, -0.05) is 36.4 Å². The molecule has 0 aliphatic carbocycles. The first-order valence-electron chi connectivity index (χ1n) is 6.56. The van der Waals surface area contributed by atoms with Crippen LogP contribution >= 0.6 is 11.8 Å². The summed E-state index contributed by atoms with van der Waals surface area (Å²) in [5, 5.41) is 11.3. The lowest BCUT2D eigenvalue weighted by molar-refractivity contribution is 0.623. The van der Waals surface area contributed by atoms with Gasteiger partial charge in [0.2, 0.25) is 0 Å². The number of halogens is 1. The number of hydrogen-bond donors (Lipinski definition) is 0. The van der Waals surface area contributed by atoms with Crippen LogP contribution in [0.25, 0.3) is 10.8 Å². The van der Waals surface area contributed by atoms with Crippen LogP contribution in [0.5, 0.6) is 0 Å². The summed E-state index contributed by atoms with van der Waals surface area (Å²) >= 11 is 1.68. The van der Waals surface area contributed by atoms with Crippen LogP contribution in [0.15, 0.2) is 65.6 Å². The van der Waals surface area contributed by atoms with E-state index in [0.29, 0.717) is 5.75 Å². The Morgan fingerprint density at radius 3 is 2.57 bits per heavy atom. The molecule has 0 saturated carbocycles. The van der Waals surface area contributed by atoms with Crippen LogP contribution in [0.2, 0.25) is 0 Å². The lowest BCUT2D eigenvalue weighted by Crippen LogP contribution is -1.87. The minimum Gasteiger partial charge on any atom is -0.206 e. The topological polar surface area (TPSA) is 23.8 Å². The number of thioether (sulfide) groups is 1. The fraction of sp³-hybridized carbons (Fsp3) is 0.0556. The van der Waals surface area contributed by atoms with Crippen molar-refractivity contribution in [2.24, 2.45) is 0 Å². The Balaban J connectivity index is 1.78. The molecule has 0 amide bonds. The van der Waals surface area contributed by atoms with Crippen LogP contribution in [0.1, 0.15) is 11.1 Å². The Kier molecular flexibility index (Phi) is 3.89. The molecular weight excluding hydrogens is 281 g/mol. The van der Waals surface area contributed by atoms with Gasteiger partial charge >= 0.3 is 0 Å². The van der Waals surface area contributed by atoms with Gasteiger partial charge in [-0.3, -0.25) is 0 Å². The normalized spacial score (nSPS) is 10.5. The number of hydrogen-bond acceptors (Lipinski definition) is 2. The molecule has 3 aromatic rings. The van der Waals surface area contributed by atoms with E-state index in [2.05, 4.69) is 30.3 Å². The van der Waals surface area contributed by atoms with Gasteiger partial charge in [-0.25, -0.2) is 4.39 Å². The molecule has 0 bridgehead atoms. The Morgan fingerprint density at radius 1 is 0.952 bits per heavy atom. The average molecular weight is 293 g/mol. The molecule has 0 saturated heterocycles. The third-order valence-corrected chi connectivity index (χ3v) is 4.34. The lowest BCUT2D eigenvalue weighted by Gasteiger charge is -2.05. The Hall–Kier alpha value is -2.31. The van der Waals surface area contributed by atoms with Gasteiger partial charge < -0.3 is 0 Å². The Labute approximate surface area is 127 Å². The molecule has 3 heteroatoms. The lowest BCUT2D eigenvalue weighted by atomic mass is 10.1. The van der Waals surface area contributed by atoms with E-state index in [0.717, 1.165) is 10.5 Å². The Morgan fingerprint density at radius 2 is 1.76 bits per heavy atom. The average Bonchev–Trinajstić information content (AvgIpc) is 2.54. The zero-order valence-electron chi connectivity index (χ0n) is 11.2. The van der Waals surface area contributed by atoms with Gasteiger partial charge in [0.25, 0.3) is 0 Å². The van der Waals surface area contributed by atoms with Gasteiger partial charge in [0.1, 0.15) is 11.9 Å². The highest BCUT2D eigenvalue weighted by Crippen LogP contribution is 2.27. The largest absolute Gasteiger partial charge is 0.206 e. The molecule has 0 atom stereocenters. The van der Waals surface area contributed by atoms with Crippen molar-refractivity contribution in [3.8, 4) is 6.07 Å². The third kappa shape index (κ3) is 3.07. The van der Waals surface area contributed by atoms with Gasteiger partial charge in [0.15, 0.2) is 0 Å². The molecular formula is C18H12FNS. The summed E-state index contributed by atoms with van der Waals surface area (Å²) in [5.74, 6) is 0.254. The van der Waals surface area contributed by atoms with Gasteiger partial charge in [-0.15, -0.1) is 11.8 Å². The van der Waals surface area contributed by atoms with E-state index in [1.165, 1.54) is 16.8 Å². The highest BCUT2D eigenvalue weighted by atomic mass is 32.2. The minimum absolute atomic E-state index is 0.103. The van der Waals surface area contributed by atoms with Crippen molar-refractivity contribution >= 4 is 22.5 Å². The zero-order chi connectivity index (χ0) is 14.7. The SMILES string of the molecule is N#Cc1cc(CSc2ccc3ccccc3c2)ccc1F. The maximum atomic E-state index is 13.3. The Bertz CT molecular complexity index is 836. The fourth-order valence-electron chi connectivity index (χ4n) is 2.17. The van der Waals surface area contributed by atoms with Crippen molar-refractivity contribution in [2.75, 3.05) is 0 Å². The van der Waals surface area contributed by atoms with Gasteiger partial charge in [0, 0.05) is 10.6 Å². The van der Waals surface area contributed by atoms with Gasteiger partial charge in [0.05, 0.1) is 5.56 Å². The molecule has 0 aromatic heterocycles. The van der Waals surface area contributed by atoms with Crippen LogP contribution in [-0.2, 0) is 5.75 Å². The van der Waals surface area contributed by atoms with E-state index in [4.69, 9.17) is 5.26 Å². The van der Waals surface area contributed by atoms with Gasteiger partial charge in [-0.2, -0.15) is 5.26 Å². The van der Waals surface area contributed by atoms with E-state index in [1.54, 1.807) is 23.9 Å². The summed E-state index contributed by atoms with van der Waals surface area (Å²) in [4.78, 5) is 1.16. The van der Waals surface area contributed by atoms with Crippen LogP contribution in [0.3, 0.4) is 0 Å². The first-order valence-corrected chi connectivity index (χ1v) is 7.55. The molecule has 3 rings (SSSR count). The molecule has 0 radical (unpaired) electrons. The first kappa shape index (κ1) is 13.7. The zero-order valence-corrected chi connectivity index (χ0v) is 12.0. The predicted octanol–water partition coefficient (Wildman–Crippen LogP) is 5.14. The number of rotatable bonds is 3. The van der Waals surface area contributed by atoms with Crippen LogP contribution in [0, 0.1) is 17.1 Å². The van der Waals surface area contributed by atoms with Crippen molar-refractivity contribution in [1.82, 2.24) is 0 Å². The highest BCUT2D eigenvalue weighted by Gasteiger charge is 2.04. The number of fused-ring (bicyclic) bond motifs is 1. The number of benzene rings is 3. The van der Waals surface area contributed by atoms with Crippen molar-refractivity contribution in [2.45, 2.75) is 10.6 Å². The van der Waals surface area contributed by atoms with E-state index in [1.807, 2.05) is 18.2 Å². The third-order valence-electron chi connectivity index (χ3n) is 3.28. The van der Waals surface area contributed by atoms with Gasteiger partial charge in [-0.05, 0) is 40.6 Å².